The molecular weight excluding hydrogens is 330 g/mol. The predicted molar refractivity (Wildman–Crippen MR) is 91.8 cm³/mol. The number of carbonyl (C=O) groups is 1. The summed E-state index contributed by atoms with van der Waals surface area (Å²) >= 11 is 1.52. The van der Waals surface area contributed by atoms with Crippen LogP contribution in [-0.4, -0.2) is 32.3 Å². The van der Waals surface area contributed by atoms with E-state index >= 15 is 0 Å². The highest BCUT2D eigenvalue weighted by atomic mass is 32.1. The highest BCUT2D eigenvalue weighted by molar-refractivity contribution is 7.09. The molecule has 0 aliphatic rings. The molecule has 1 heterocycles. The molecule has 0 fully saturated rings. The standard InChI is InChI=1S/C17H19NO5S/c1-11-18-13(10-24-11)9-23-16(19)6-5-12-7-14(20-2)17(22-4)15(8-12)21-3/h5-8,10H,9H2,1-4H3/b6-5+. The molecule has 0 N–H and O–H groups in total. The number of carbonyl (C=O) groups excluding carboxylic acids is 1. The molecule has 0 aliphatic heterocycles. The van der Waals surface area contributed by atoms with Crippen molar-refractivity contribution in [2.75, 3.05) is 21.3 Å². The third kappa shape index (κ3) is 4.48. The van der Waals surface area contributed by atoms with Gasteiger partial charge in [0, 0.05) is 11.5 Å². The van der Waals surface area contributed by atoms with Gasteiger partial charge in [0.05, 0.1) is 32.0 Å². The minimum atomic E-state index is -0.450. The smallest absolute Gasteiger partial charge is 0.331 e. The Bertz CT molecular complexity index is 713. The van der Waals surface area contributed by atoms with Crippen LogP contribution in [0.2, 0.25) is 0 Å². The van der Waals surface area contributed by atoms with Crippen molar-refractivity contribution in [3.8, 4) is 17.2 Å². The summed E-state index contributed by atoms with van der Waals surface area (Å²) in [5.74, 6) is 1.08. The van der Waals surface area contributed by atoms with E-state index < -0.39 is 5.97 Å². The number of hydrogen-bond donors (Lipinski definition) is 0. The lowest BCUT2D eigenvalue weighted by Crippen LogP contribution is -2.01. The van der Waals surface area contributed by atoms with Crippen LogP contribution in [0.1, 0.15) is 16.3 Å². The fraction of sp³-hybridized carbons (Fsp3) is 0.294. The molecule has 0 spiro atoms. The zero-order valence-corrected chi connectivity index (χ0v) is 14.8. The SMILES string of the molecule is COc1cc(/C=C/C(=O)OCc2csc(C)n2)cc(OC)c1OC. The maximum absolute atomic E-state index is 11.8. The normalized spacial score (nSPS) is 10.7. The van der Waals surface area contributed by atoms with E-state index in [1.165, 1.54) is 38.7 Å². The van der Waals surface area contributed by atoms with Crippen molar-refractivity contribution in [1.82, 2.24) is 4.98 Å². The van der Waals surface area contributed by atoms with Crippen molar-refractivity contribution in [2.24, 2.45) is 0 Å². The minimum absolute atomic E-state index is 0.156. The Kier molecular flexibility index (Phi) is 6.20. The van der Waals surface area contributed by atoms with Crippen molar-refractivity contribution in [2.45, 2.75) is 13.5 Å². The third-order valence-corrected chi connectivity index (χ3v) is 3.95. The summed E-state index contributed by atoms with van der Waals surface area (Å²) in [4.78, 5) is 16.0. The monoisotopic (exact) mass is 349 g/mol. The average Bonchev–Trinajstić information content (AvgIpc) is 3.02. The summed E-state index contributed by atoms with van der Waals surface area (Å²) in [6, 6.07) is 3.49. The second kappa shape index (κ2) is 8.35. The van der Waals surface area contributed by atoms with Crippen LogP contribution in [-0.2, 0) is 16.1 Å². The summed E-state index contributed by atoms with van der Waals surface area (Å²) in [6.07, 6.45) is 2.97. The maximum Gasteiger partial charge on any atom is 0.331 e. The molecular formula is C17H19NO5S. The van der Waals surface area contributed by atoms with E-state index in [4.69, 9.17) is 18.9 Å². The number of hydrogen-bond acceptors (Lipinski definition) is 7. The second-order valence-electron chi connectivity index (χ2n) is 4.76. The molecule has 0 bridgehead atoms. The van der Waals surface area contributed by atoms with Crippen LogP contribution in [0, 0.1) is 6.92 Å². The first-order valence-corrected chi connectivity index (χ1v) is 8.01. The van der Waals surface area contributed by atoms with E-state index in [-0.39, 0.29) is 6.61 Å². The molecule has 1 aromatic carbocycles. The van der Waals surface area contributed by atoms with Gasteiger partial charge in [0.1, 0.15) is 6.61 Å². The number of aryl methyl sites for hydroxylation is 1. The van der Waals surface area contributed by atoms with Gasteiger partial charge in [0.15, 0.2) is 11.5 Å². The van der Waals surface area contributed by atoms with Crippen molar-refractivity contribution in [1.29, 1.82) is 0 Å². The molecule has 0 aliphatic carbocycles. The van der Waals surface area contributed by atoms with Crippen molar-refractivity contribution in [3.05, 3.63) is 39.9 Å². The van der Waals surface area contributed by atoms with Crippen LogP contribution in [0.3, 0.4) is 0 Å². The van der Waals surface area contributed by atoms with Gasteiger partial charge in [-0.3, -0.25) is 0 Å². The summed E-state index contributed by atoms with van der Waals surface area (Å²) in [6.45, 7) is 2.06. The molecule has 0 saturated carbocycles. The predicted octanol–water partition coefficient (Wildman–Crippen LogP) is 3.23. The Morgan fingerprint density at radius 3 is 2.33 bits per heavy atom. The van der Waals surface area contributed by atoms with Gasteiger partial charge in [-0.25, -0.2) is 9.78 Å². The van der Waals surface area contributed by atoms with Crippen LogP contribution in [0.5, 0.6) is 17.2 Å². The molecule has 0 saturated heterocycles. The van der Waals surface area contributed by atoms with Gasteiger partial charge in [-0.1, -0.05) is 0 Å². The van der Waals surface area contributed by atoms with Crippen LogP contribution >= 0.6 is 11.3 Å². The lowest BCUT2D eigenvalue weighted by Gasteiger charge is -2.12. The first-order valence-electron chi connectivity index (χ1n) is 7.13. The number of nitrogens with zero attached hydrogens (tertiary/aromatic N) is 1. The Labute approximate surface area is 144 Å². The van der Waals surface area contributed by atoms with Crippen LogP contribution in [0.15, 0.2) is 23.6 Å². The molecule has 2 aromatic rings. The maximum atomic E-state index is 11.8. The van der Waals surface area contributed by atoms with Gasteiger partial charge in [-0.05, 0) is 30.7 Å². The quantitative estimate of drug-likeness (QED) is 0.565. The lowest BCUT2D eigenvalue weighted by atomic mass is 10.1. The summed E-state index contributed by atoms with van der Waals surface area (Å²) < 4.78 is 21.0. The highest BCUT2D eigenvalue weighted by Gasteiger charge is 2.12. The van der Waals surface area contributed by atoms with Gasteiger partial charge >= 0.3 is 5.97 Å². The van der Waals surface area contributed by atoms with Crippen molar-refractivity contribution < 1.29 is 23.7 Å². The largest absolute Gasteiger partial charge is 0.493 e. The topological polar surface area (TPSA) is 66.9 Å². The van der Waals surface area contributed by atoms with Crippen molar-refractivity contribution >= 4 is 23.4 Å². The van der Waals surface area contributed by atoms with E-state index in [0.29, 0.717) is 17.2 Å². The summed E-state index contributed by atoms with van der Waals surface area (Å²) in [7, 11) is 4.61. The second-order valence-corrected chi connectivity index (χ2v) is 5.82. The lowest BCUT2D eigenvalue weighted by molar-refractivity contribution is -0.139. The van der Waals surface area contributed by atoms with Crippen LogP contribution in [0.4, 0.5) is 0 Å². The molecule has 0 unspecified atom stereocenters. The number of thiazole rings is 1. The molecule has 0 atom stereocenters. The molecule has 0 amide bonds. The minimum Gasteiger partial charge on any atom is -0.493 e. The highest BCUT2D eigenvalue weighted by Crippen LogP contribution is 2.38. The first kappa shape index (κ1) is 17.8. The zero-order valence-electron chi connectivity index (χ0n) is 14.0. The number of methoxy groups -OCH3 is 3. The van der Waals surface area contributed by atoms with E-state index in [1.54, 1.807) is 18.2 Å². The van der Waals surface area contributed by atoms with Gasteiger partial charge in [-0.2, -0.15) is 0 Å². The molecule has 128 valence electrons. The number of aromatic nitrogens is 1. The fourth-order valence-corrected chi connectivity index (χ4v) is 2.63. The molecule has 24 heavy (non-hydrogen) atoms. The number of benzene rings is 1. The third-order valence-electron chi connectivity index (χ3n) is 3.13. The summed E-state index contributed by atoms with van der Waals surface area (Å²) in [5.41, 5.74) is 1.47. The molecule has 0 radical (unpaired) electrons. The van der Waals surface area contributed by atoms with E-state index in [0.717, 1.165) is 16.3 Å². The first-order chi connectivity index (χ1) is 11.6. The Morgan fingerprint density at radius 2 is 1.83 bits per heavy atom. The number of esters is 1. The fourth-order valence-electron chi connectivity index (χ4n) is 2.03. The molecule has 2 rings (SSSR count). The zero-order chi connectivity index (χ0) is 17.5. The van der Waals surface area contributed by atoms with E-state index in [9.17, 15) is 4.79 Å². The van der Waals surface area contributed by atoms with Gasteiger partial charge < -0.3 is 18.9 Å². The Morgan fingerprint density at radius 1 is 1.17 bits per heavy atom. The Hall–Kier alpha value is -2.54. The summed E-state index contributed by atoms with van der Waals surface area (Å²) in [5, 5.41) is 2.81. The number of ether oxygens (including phenoxy) is 4. The van der Waals surface area contributed by atoms with Crippen molar-refractivity contribution in [3.63, 3.8) is 0 Å². The molecule has 6 nitrogen and oxygen atoms in total. The van der Waals surface area contributed by atoms with Crippen LogP contribution in [0.25, 0.3) is 6.08 Å². The Balaban J connectivity index is 2.06. The van der Waals surface area contributed by atoms with Gasteiger partial charge in [0.2, 0.25) is 5.75 Å². The van der Waals surface area contributed by atoms with E-state index in [2.05, 4.69) is 4.98 Å². The average molecular weight is 349 g/mol. The van der Waals surface area contributed by atoms with E-state index in [1.807, 2.05) is 12.3 Å². The van der Waals surface area contributed by atoms with Gasteiger partial charge in [0.25, 0.3) is 0 Å². The number of rotatable bonds is 7. The molecule has 1 aromatic heterocycles. The van der Waals surface area contributed by atoms with Crippen LogP contribution < -0.4 is 14.2 Å². The molecule has 7 heteroatoms. The van der Waals surface area contributed by atoms with Gasteiger partial charge in [-0.15, -0.1) is 11.3 Å².